The smallest absolute Gasteiger partial charge is 0.370 e. The zero-order valence-electron chi connectivity index (χ0n) is 4.84. The molecule has 1 N–H and O–H groups in total. The van der Waals surface area contributed by atoms with Crippen LogP contribution in [0.25, 0.3) is 0 Å². The van der Waals surface area contributed by atoms with Crippen molar-refractivity contribution in [2.24, 2.45) is 0 Å². The topological polar surface area (TPSA) is 12.0 Å². The predicted octanol–water partition coefficient (Wildman–Crippen LogP) is 1.09. The zero-order valence-corrected chi connectivity index (χ0v) is 4.84. The lowest BCUT2D eigenvalue weighted by atomic mass is 9.99. The number of allylic oxidation sites excluding steroid dienone is 4. The molecule has 1 aliphatic heterocycles. The summed E-state index contributed by atoms with van der Waals surface area (Å²) in [6.45, 7) is 0. The van der Waals surface area contributed by atoms with Gasteiger partial charge in [0.15, 0.2) is 0 Å². The second-order valence-corrected chi connectivity index (χ2v) is 1.62. The van der Waals surface area contributed by atoms with Crippen molar-refractivity contribution in [1.29, 1.82) is 0 Å². The molecule has 3 heteroatoms. The second-order valence-electron chi connectivity index (χ2n) is 1.62. The van der Waals surface area contributed by atoms with E-state index in [1.54, 1.807) is 24.4 Å². The molecule has 9 heavy (non-hydrogen) atoms. The molecule has 0 saturated heterocycles. The van der Waals surface area contributed by atoms with Crippen LogP contribution >= 0.6 is 0 Å². The van der Waals surface area contributed by atoms with E-state index < -0.39 is 0 Å². The maximum Gasteiger partial charge on any atom is 0.409 e. The normalized spacial score (nSPS) is 15.9. The summed E-state index contributed by atoms with van der Waals surface area (Å²) in [6, 6.07) is 0. The van der Waals surface area contributed by atoms with Crippen molar-refractivity contribution < 1.29 is 4.32 Å². The Bertz CT molecular complexity index is 172. The molecule has 1 heterocycles. The van der Waals surface area contributed by atoms with Gasteiger partial charge in [-0.15, -0.1) is 0 Å². The van der Waals surface area contributed by atoms with Crippen LogP contribution in [0.2, 0.25) is 0 Å². The van der Waals surface area contributed by atoms with E-state index in [0.29, 0.717) is 13.2 Å². The molecular formula is C6H6BFN. The highest BCUT2D eigenvalue weighted by molar-refractivity contribution is 6.36. The lowest BCUT2D eigenvalue weighted by molar-refractivity contribution is 0.866. The first-order valence-corrected chi connectivity index (χ1v) is 2.67. The molecule has 0 amide bonds. The summed E-state index contributed by atoms with van der Waals surface area (Å²) < 4.78 is 11.7. The lowest BCUT2D eigenvalue weighted by Crippen LogP contribution is -2.07. The molecule has 0 aromatic heterocycles. The molecule has 0 fully saturated rings. The Morgan fingerprint density at radius 1 is 1.33 bits per heavy atom. The van der Waals surface area contributed by atoms with Gasteiger partial charge in [-0.3, -0.25) is 0 Å². The van der Waals surface area contributed by atoms with E-state index in [4.69, 9.17) is 0 Å². The summed E-state index contributed by atoms with van der Waals surface area (Å²) in [4.78, 5) is 0. The van der Waals surface area contributed by atoms with Crippen LogP contribution in [-0.2, 0) is 0 Å². The standard InChI is InChI=1S/C6H6BFN/c8-7-6-4-2-1-3-5-9-6/h1-5,9H. The van der Waals surface area contributed by atoms with Gasteiger partial charge in [0.25, 0.3) is 0 Å². The van der Waals surface area contributed by atoms with Crippen LogP contribution in [0, 0.1) is 0 Å². The Hall–Kier alpha value is -0.985. The third-order valence-corrected chi connectivity index (χ3v) is 0.962. The Morgan fingerprint density at radius 2 is 2.22 bits per heavy atom. The van der Waals surface area contributed by atoms with E-state index >= 15 is 0 Å². The highest BCUT2D eigenvalue weighted by atomic mass is 19.1. The van der Waals surface area contributed by atoms with Crippen LogP contribution in [0.15, 0.2) is 36.1 Å². The van der Waals surface area contributed by atoms with Gasteiger partial charge in [0.2, 0.25) is 0 Å². The molecule has 0 spiro atoms. The molecule has 0 aliphatic carbocycles. The van der Waals surface area contributed by atoms with Gasteiger partial charge in [0.1, 0.15) is 0 Å². The average molecular weight is 122 g/mol. The van der Waals surface area contributed by atoms with E-state index in [0.717, 1.165) is 0 Å². The van der Waals surface area contributed by atoms with Crippen molar-refractivity contribution >= 4 is 7.56 Å². The van der Waals surface area contributed by atoms with Gasteiger partial charge in [-0.05, 0) is 12.2 Å². The van der Waals surface area contributed by atoms with Crippen LogP contribution in [0.4, 0.5) is 4.32 Å². The van der Waals surface area contributed by atoms with E-state index in [-0.39, 0.29) is 0 Å². The molecule has 1 aliphatic rings. The highest BCUT2D eigenvalue weighted by Crippen LogP contribution is 1.92. The van der Waals surface area contributed by atoms with Crippen molar-refractivity contribution in [3.63, 3.8) is 0 Å². The molecule has 1 rings (SSSR count). The fourth-order valence-corrected chi connectivity index (χ4v) is 0.539. The minimum absolute atomic E-state index is 0.472. The molecule has 45 valence electrons. The van der Waals surface area contributed by atoms with Gasteiger partial charge >= 0.3 is 7.56 Å². The zero-order chi connectivity index (χ0) is 6.53. The van der Waals surface area contributed by atoms with Crippen molar-refractivity contribution in [2.75, 3.05) is 0 Å². The molecular weight excluding hydrogens is 116 g/mol. The van der Waals surface area contributed by atoms with Crippen molar-refractivity contribution in [3.05, 3.63) is 36.1 Å². The maximum absolute atomic E-state index is 11.7. The van der Waals surface area contributed by atoms with Gasteiger partial charge < -0.3 is 9.63 Å². The van der Waals surface area contributed by atoms with Crippen molar-refractivity contribution in [1.82, 2.24) is 5.32 Å². The van der Waals surface area contributed by atoms with Crippen LogP contribution in [-0.4, -0.2) is 7.56 Å². The monoisotopic (exact) mass is 122 g/mol. The SMILES string of the molecule is F[B]C1=CC=CC=CN1. The minimum Gasteiger partial charge on any atom is -0.370 e. The van der Waals surface area contributed by atoms with Crippen molar-refractivity contribution in [2.45, 2.75) is 0 Å². The summed E-state index contributed by atoms with van der Waals surface area (Å²) >= 11 is 0. The summed E-state index contributed by atoms with van der Waals surface area (Å²) in [5.41, 5.74) is 0.472. The van der Waals surface area contributed by atoms with Gasteiger partial charge in [-0.25, -0.2) is 0 Å². The summed E-state index contributed by atoms with van der Waals surface area (Å²) in [7, 11) is 0.528. The Labute approximate surface area is 54.2 Å². The highest BCUT2D eigenvalue weighted by Gasteiger charge is 1.94. The Morgan fingerprint density at radius 3 is 3.00 bits per heavy atom. The fraction of sp³-hybridized carbons (Fsp3) is 0. The molecule has 0 saturated carbocycles. The molecule has 1 nitrogen and oxygen atoms in total. The first-order valence-electron chi connectivity index (χ1n) is 2.67. The molecule has 1 radical (unpaired) electrons. The average Bonchev–Trinajstić information content (AvgIpc) is 2.13. The van der Waals surface area contributed by atoms with E-state index in [1.165, 1.54) is 0 Å². The van der Waals surface area contributed by atoms with Crippen LogP contribution < -0.4 is 5.32 Å². The van der Waals surface area contributed by atoms with Crippen LogP contribution in [0.1, 0.15) is 0 Å². The number of halogens is 1. The third-order valence-electron chi connectivity index (χ3n) is 0.962. The largest absolute Gasteiger partial charge is 0.409 e. The van der Waals surface area contributed by atoms with E-state index in [1.807, 2.05) is 6.08 Å². The fourth-order valence-electron chi connectivity index (χ4n) is 0.539. The number of nitrogens with one attached hydrogen (secondary N) is 1. The summed E-state index contributed by atoms with van der Waals surface area (Å²) in [5, 5.41) is 2.72. The van der Waals surface area contributed by atoms with Crippen LogP contribution in [0.3, 0.4) is 0 Å². The summed E-state index contributed by atoms with van der Waals surface area (Å²) in [5.74, 6) is 0. The van der Waals surface area contributed by atoms with Crippen molar-refractivity contribution in [3.8, 4) is 0 Å². The predicted molar refractivity (Wildman–Crippen MR) is 36.4 cm³/mol. The minimum atomic E-state index is 0.472. The first-order chi connectivity index (χ1) is 4.43. The molecule has 0 aromatic rings. The van der Waals surface area contributed by atoms with Crippen LogP contribution in [0.5, 0.6) is 0 Å². The van der Waals surface area contributed by atoms with E-state index in [9.17, 15) is 4.32 Å². The molecule has 0 aromatic carbocycles. The maximum atomic E-state index is 11.7. The molecule has 0 bridgehead atoms. The Balaban J connectivity index is 2.62. The van der Waals surface area contributed by atoms with Gasteiger partial charge in [0.05, 0.1) is 0 Å². The van der Waals surface area contributed by atoms with Gasteiger partial charge in [-0.1, -0.05) is 12.2 Å². The number of rotatable bonds is 1. The number of hydrogen-bond donors (Lipinski definition) is 1. The lowest BCUT2D eigenvalue weighted by Gasteiger charge is -1.95. The van der Waals surface area contributed by atoms with E-state index in [2.05, 4.69) is 5.32 Å². The number of hydrogen-bond acceptors (Lipinski definition) is 1. The summed E-state index contributed by atoms with van der Waals surface area (Å²) in [6.07, 6.45) is 8.71. The Kier molecular flexibility index (Phi) is 2.13. The van der Waals surface area contributed by atoms with Gasteiger partial charge in [-0.2, -0.15) is 0 Å². The third kappa shape index (κ3) is 1.76. The molecule has 0 unspecified atom stereocenters. The second kappa shape index (κ2) is 3.12. The first kappa shape index (κ1) is 6.14. The molecule has 0 atom stereocenters. The quantitative estimate of drug-likeness (QED) is 0.513. The van der Waals surface area contributed by atoms with Gasteiger partial charge in [0, 0.05) is 11.8 Å².